The molecule has 1 saturated carbocycles. The highest BCUT2D eigenvalue weighted by Crippen LogP contribution is 2.31. The highest BCUT2D eigenvalue weighted by atomic mass is 16.1. The fraction of sp³-hybridized carbons (Fsp3) is 0.400. The summed E-state index contributed by atoms with van der Waals surface area (Å²) in [5.41, 5.74) is 6.66. The fourth-order valence-corrected chi connectivity index (χ4v) is 5.72. The van der Waals surface area contributed by atoms with E-state index in [1.54, 1.807) is 12.3 Å². The van der Waals surface area contributed by atoms with Crippen LogP contribution in [0.3, 0.4) is 0 Å². The summed E-state index contributed by atoms with van der Waals surface area (Å²) in [6.07, 6.45) is 13.9. The molecule has 1 unspecified atom stereocenters. The number of rotatable bonds is 7. The Morgan fingerprint density at radius 1 is 0.974 bits per heavy atom. The fourth-order valence-electron chi connectivity index (χ4n) is 5.72. The predicted octanol–water partition coefficient (Wildman–Crippen LogP) is 5.86. The van der Waals surface area contributed by atoms with Crippen molar-refractivity contribution in [2.45, 2.75) is 64.0 Å². The average molecular weight is 510 g/mol. The van der Waals surface area contributed by atoms with E-state index in [-0.39, 0.29) is 18.0 Å². The minimum atomic E-state index is -0.0950. The van der Waals surface area contributed by atoms with Crippen LogP contribution >= 0.6 is 0 Å². The van der Waals surface area contributed by atoms with Gasteiger partial charge in [0, 0.05) is 36.3 Å². The Morgan fingerprint density at radius 3 is 2.61 bits per heavy atom. The summed E-state index contributed by atoms with van der Waals surface area (Å²) in [6, 6.07) is 12.6. The van der Waals surface area contributed by atoms with Gasteiger partial charge in [-0.2, -0.15) is 5.10 Å². The first-order valence-electron chi connectivity index (χ1n) is 13.9. The number of anilines is 2. The van der Waals surface area contributed by atoms with Gasteiger partial charge in [-0.25, -0.2) is 4.98 Å². The number of fused-ring (bicyclic) bond motifs is 1. The molecule has 8 heteroatoms. The van der Waals surface area contributed by atoms with Crippen LogP contribution in [0.25, 0.3) is 22.0 Å². The molecule has 4 heterocycles. The van der Waals surface area contributed by atoms with Crippen LogP contribution in [-0.2, 0) is 0 Å². The normalized spacial score (nSPS) is 17.0. The molecule has 1 amide bonds. The van der Waals surface area contributed by atoms with E-state index in [1.807, 2.05) is 18.5 Å². The highest BCUT2D eigenvalue weighted by molar-refractivity contribution is 5.92. The summed E-state index contributed by atoms with van der Waals surface area (Å²) in [4.78, 5) is 23.9. The van der Waals surface area contributed by atoms with Crippen LogP contribution in [0.5, 0.6) is 0 Å². The molecule has 1 aliphatic heterocycles. The van der Waals surface area contributed by atoms with Gasteiger partial charge in [0.1, 0.15) is 5.69 Å². The molecule has 4 aromatic rings. The third-order valence-electron chi connectivity index (χ3n) is 7.86. The summed E-state index contributed by atoms with van der Waals surface area (Å²) >= 11 is 0. The number of pyridine rings is 2. The lowest BCUT2D eigenvalue weighted by Gasteiger charge is -2.28. The van der Waals surface area contributed by atoms with Crippen LogP contribution in [0, 0.1) is 0 Å². The van der Waals surface area contributed by atoms with E-state index in [4.69, 9.17) is 0 Å². The molecule has 3 aromatic heterocycles. The van der Waals surface area contributed by atoms with Crippen molar-refractivity contribution in [2.24, 2.45) is 0 Å². The van der Waals surface area contributed by atoms with Gasteiger partial charge in [-0.15, -0.1) is 0 Å². The van der Waals surface area contributed by atoms with Crippen molar-refractivity contribution < 1.29 is 4.79 Å². The minimum absolute atomic E-state index is 0.0342. The topological polar surface area (TPSA) is 98.8 Å². The molecule has 0 bridgehead atoms. The molecule has 2 aliphatic rings. The Bertz CT molecular complexity index is 1400. The smallest absolute Gasteiger partial charge is 0.270 e. The van der Waals surface area contributed by atoms with Crippen molar-refractivity contribution in [3.05, 3.63) is 66.4 Å². The molecule has 1 aromatic carbocycles. The second kappa shape index (κ2) is 10.8. The third-order valence-corrected chi connectivity index (χ3v) is 7.86. The van der Waals surface area contributed by atoms with Crippen LogP contribution in [0.15, 0.2) is 55.0 Å². The van der Waals surface area contributed by atoms with E-state index in [1.165, 1.54) is 37.8 Å². The van der Waals surface area contributed by atoms with Gasteiger partial charge in [-0.3, -0.25) is 14.9 Å². The standard InChI is InChI=1S/C30H35N7O/c1-20(33-24-10-12-28(32-18-24)30(38)34-23-7-3-4-8-23)29-26-16-21(9-11-27(26)35-36-29)22-15-25(19-31-17-22)37-13-5-2-6-14-37/h9-12,15-20,23,33H,2-8,13-14H2,1H3,(H,34,38)(H,35,36). The number of aromatic amines is 1. The lowest BCUT2D eigenvalue weighted by molar-refractivity contribution is 0.0933. The van der Waals surface area contributed by atoms with Gasteiger partial charge in [-0.05, 0) is 74.9 Å². The molecular formula is C30H35N7O. The summed E-state index contributed by atoms with van der Waals surface area (Å²) in [6.45, 7) is 4.29. The number of amides is 1. The van der Waals surface area contributed by atoms with Crippen molar-refractivity contribution in [2.75, 3.05) is 23.3 Å². The minimum Gasteiger partial charge on any atom is -0.376 e. The maximum Gasteiger partial charge on any atom is 0.270 e. The third kappa shape index (κ3) is 5.21. The van der Waals surface area contributed by atoms with Gasteiger partial charge in [0.05, 0.1) is 41.0 Å². The van der Waals surface area contributed by atoms with Crippen molar-refractivity contribution >= 4 is 28.2 Å². The first-order chi connectivity index (χ1) is 18.6. The number of carbonyl (C=O) groups excluding carboxylic acids is 1. The van der Waals surface area contributed by atoms with E-state index in [2.05, 4.69) is 66.9 Å². The predicted molar refractivity (Wildman–Crippen MR) is 151 cm³/mol. The lowest BCUT2D eigenvalue weighted by Crippen LogP contribution is -2.33. The maximum atomic E-state index is 12.5. The van der Waals surface area contributed by atoms with Crippen LogP contribution < -0.4 is 15.5 Å². The summed E-state index contributed by atoms with van der Waals surface area (Å²) in [5, 5.41) is 15.4. The molecule has 0 spiro atoms. The van der Waals surface area contributed by atoms with Gasteiger partial charge in [0.25, 0.3) is 5.91 Å². The molecule has 1 aliphatic carbocycles. The Kier molecular flexibility index (Phi) is 6.94. The average Bonchev–Trinajstić information content (AvgIpc) is 3.63. The molecule has 8 nitrogen and oxygen atoms in total. The van der Waals surface area contributed by atoms with Gasteiger partial charge in [-0.1, -0.05) is 18.9 Å². The zero-order chi connectivity index (χ0) is 25.9. The molecular weight excluding hydrogens is 474 g/mol. The first-order valence-corrected chi connectivity index (χ1v) is 13.9. The van der Waals surface area contributed by atoms with Gasteiger partial charge in [0.2, 0.25) is 0 Å². The number of nitrogens with zero attached hydrogens (tertiary/aromatic N) is 4. The number of aromatic nitrogens is 4. The molecule has 1 saturated heterocycles. The molecule has 0 radical (unpaired) electrons. The molecule has 1 atom stereocenters. The first kappa shape index (κ1) is 24.4. The van der Waals surface area contributed by atoms with E-state index < -0.39 is 0 Å². The second-order valence-corrected chi connectivity index (χ2v) is 10.6. The maximum absolute atomic E-state index is 12.5. The summed E-state index contributed by atoms with van der Waals surface area (Å²) in [5.74, 6) is -0.0950. The molecule has 2 fully saturated rings. The number of benzene rings is 1. The summed E-state index contributed by atoms with van der Waals surface area (Å²) in [7, 11) is 0. The van der Waals surface area contributed by atoms with Crippen LogP contribution in [-0.4, -0.2) is 45.2 Å². The number of hydrogen-bond donors (Lipinski definition) is 3. The zero-order valence-corrected chi connectivity index (χ0v) is 21.9. The zero-order valence-electron chi connectivity index (χ0n) is 21.9. The number of H-pyrrole nitrogens is 1. The molecule has 196 valence electrons. The number of carbonyl (C=O) groups is 1. The lowest BCUT2D eigenvalue weighted by atomic mass is 10.0. The van der Waals surface area contributed by atoms with E-state index >= 15 is 0 Å². The van der Waals surface area contributed by atoms with Crippen LogP contribution in [0.1, 0.15) is 74.1 Å². The quantitative estimate of drug-likeness (QED) is 0.289. The number of nitrogens with one attached hydrogen (secondary N) is 3. The monoisotopic (exact) mass is 509 g/mol. The second-order valence-electron chi connectivity index (χ2n) is 10.6. The Balaban J connectivity index is 1.18. The Hall–Kier alpha value is -3.94. The Morgan fingerprint density at radius 2 is 1.82 bits per heavy atom. The number of hydrogen-bond acceptors (Lipinski definition) is 6. The largest absolute Gasteiger partial charge is 0.376 e. The molecule has 6 rings (SSSR count). The Labute approximate surface area is 223 Å². The molecule has 38 heavy (non-hydrogen) atoms. The highest BCUT2D eigenvalue weighted by Gasteiger charge is 2.19. The van der Waals surface area contributed by atoms with Crippen LogP contribution in [0.4, 0.5) is 11.4 Å². The van der Waals surface area contributed by atoms with E-state index in [0.717, 1.165) is 59.3 Å². The number of piperidine rings is 1. The summed E-state index contributed by atoms with van der Waals surface area (Å²) < 4.78 is 0. The van der Waals surface area contributed by atoms with E-state index in [9.17, 15) is 4.79 Å². The van der Waals surface area contributed by atoms with Crippen molar-refractivity contribution in [1.82, 2.24) is 25.5 Å². The van der Waals surface area contributed by atoms with Gasteiger partial charge < -0.3 is 15.5 Å². The van der Waals surface area contributed by atoms with Crippen molar-refractivity contribution in [3.8, 4) is 11.1 Å². The SMILES string of the molecule is CC(Nc1ccc(C(=O)NC2CCCC2)nc1)c1[nH]nc2ccc(-c3cncc(N4CCCCC4)c3)cc12. The van der Waals surface area contributed by atoms with Gasteiger partial charge in [0.15, 0.2) is 0 Å². The van der Waals surface area contributed by atoms with Crippen molar-refractivity contribution in [3.63, 3.8) is 0 Å². The van der Waals surface area contributed by atoms with Gasteiger partial charge >= 0.3 is 0 Å². The van der Waals surface area contributed by atoms with Crippen molar-refractivity contribution in [1.29, 1.82) is 0 Å². The van der Waals surface area contributed by atoms with E-state index in [0.29, 0.717) is 5.69 Å². The molecule has 3 N–H and O–H groups in total. The van der Waals surface area contributed by atoms with Crippen LogP contribution in [0.2, 0.25) is 0 Å².